The molecule has 3 rings (SSSR count). The topological polar surface area (TPSA) is 56.1 Å². The maximum atomic E-state index is 12.2. The fourth-order valence-electron chi connectivity index (χ4n) is 3.12. The SMILES string of the molecule is COc1ccccc1CC(=O)NCCc1ccc(-n2nc(C)cc2C)cc1. The molecule has 1 N–H and O–H groups in total. The van der Waals surface area contributed by atoms with Gasteiger partial charge < -0.3 is 10.1 Å². The van der Waals surface area contributed by atoms with Crippen LogP contribution in [0.2, 0.25) is 0 Å². The number of ether oxygens (including phenoxy) is 1. The number of benzene rings is 2. The van der Waals surface area contributed by atoms with Gasteiger partial charge in [-0.05, 0) is 50.1 Å². The molecule has 140 valence electrons. The van der Waals surface area contributed by atoms with Crippen molar-refractivity contribution in [2.75, 3.05) is 13.7 Å². The summed E-state index contributed by atoms with van der Waals surface area (Å²) in [5.74, 6) is 0.742. The molecule has 0 saturated heterocycles. The second kappa shape index (κ2) is 8.54. The van der Waals surface area contributed by atoms with Crippen LogP contribution in [0.1, 0.15) is 22.5 Å². The highest BCUT2D eigenvalue weighted by Gasteiger charge is 2.08. The van der Waals surface area contributed by atoms with Gasteiger partial charge in [-0.3, -0.25) is 4.79 Å². The monoisotopic (exact) mass is 363 g/mol. The van der Waals surface area contributed by atoms with E-state index in [0.29, 0.717) is 13.0 Å². The average molecular weight is 363 g/mol. The van der Waals surface area contributed by atoms with E-state index < -0.39 is 0 Å². The van der Waals surface area contributed by atoms with Gasteiger partial charge in [0, 0.05) is 17.8 Å². The van der Waals surface area contributed by atoms with Crippen LogP contribution in [0.4, 0.5) is 0 Å². The second-order valence-corrected chi connectivity index (χ2v) is 6.59. The summed E-state index contributed by atoms with van der Waals surface area (Å²) >= 11 is 0. The number of nitrogens with zero attached hydrogens (tertiary/aromatic N) is 2. The Morgan fingerprint density at radius 1 is 1.11 bits per heavy atom. The van der Waals surface area contributed by atoms with Crippen molar-refractivity contribution >= 4 is 5.91 Å². The summed E-state index contributed by atoms with van der Waals surface area (Å²) in [6.07, 6.45) is 1.11. The fraction of sp³-hybridized carbons (Fsp3) is 0.273. The van der Waals surface area contributed by atoms with Crippen LogP contribution in [0.25, 0.3) is 5.69 Å². The first-order valence-electron chi connectivity index (χ1n) is 9.08. The summed E-state index contributed by atoms with van der Waals surface area (Å²) in [4.78, 5) is 12.2. The lowest BCUT2D eigenvalue weighted by atomic mass is 10.1. The molecule has 0 aliphatic heterocycles. The van der Waals surface area contributed by atoms with E-state index in [1.54, 1.807) is 7.11 Å². The summed E-state index contributed by atoms with van der Waals surface area (Å²) in [6, 6.07) is 17.9. The van der Waals surface area contributed by atoms with Crippen molar-refractivity contribution in [3.05, 3.63) is 77.1 Å². The lowest BCUT2D eigenvalue weighted by molar-refractivity contribution is -0.120. The number of amides is 1. The molecule has 3 aromatic rings. The number of aromatic nitrogens is 2. The summed E-state index contributed by atoms with van der Waals surface area (Å²) in [5, 5.41) is 7.48. The summed E-state index contributed by atoms with van der Waals surface area (Å²) in [7, 11) is 1.62. The van der Waals surface area contributed by atoms with Gasteiger partial charge in [-0.1, -0.05) is 30.3 Å². The first kappa shape index (κ1) is 18.7. The Balaban J connectivity index is 1.51. The largest absolute Gasteiger partial charge is 0.496 e. The predicted molar refractivity (Wildman–Crippen MR) is 106 cm³/mol. The number of carbonyl (C=O) groups excluding carboxylic acids is 1. The molecule has 1 aromatic heterocycles. The van der Waals surface area contributed by atoms with Crippen molar-refractivity contribution in [1.29, 1.82) is 0 Å². The summed E-state index contributed by atoms with van der Waals surface area (Å²) in [6.45, 7) is 4.64. The molecule has 0 aliphatic rings. The third-order valence-corrected chi connectivity index (χ3v) is 4.47. The molecule has 0 saturated carbocycles. The Hall–Kier alpha value is -3.08. The van der Waals surface area contributed by atoms with Crippen LogP contribution in [0.3, 0.4) is 0 Å². The van der Waals surface area contributed by atoms with Gasteiger partial charge in [0.15, 0.2) is 0 Å². The minimum Gasteiger partial charge on any atom is -0.496 e. The van der Waals surface area contributed by atoms with Crippen molar-refractivity contribution < 1.29 is 9.53 Å². The Kier molecular flexibility index (Phi) is 5.91. The molecule has 0 spiro atoms. The summed E-state index contributed by atoms with van der Waals surface area (Å²) < 4.78 is 7.23. The molecule has 0 fully saturated rings. The lowest BCUT2D eigenvalue weighted by Crippen LogP contribution is -2.27. The number of hydrogen-bond acceptors (Lipinski definition) is 3. The molecule has 2 aromatic carbocycles. The number of rotatable bonds is 7. The van der Waals surface area contributed by atoms with Gasteiger partial charge in [-0.2, -0.15) is 5.10 Å². The minimum absolute atomic E-state index is 0.00115. The molecule has 27 heavy (non-hydrogen) atoms. The average Bonchev–Trinajstić information content (AvgIpc) is 3.01. The van der Waals surface area contributed by atoms with Gasteiger partial charge in [0.25, 0.3) is 0 Å². The number of para-hydroxylation sites is 1. The number of carbonyl (C=O) groups is 1. The second-order valence-electron chi connectivity index (χ2n) is 6.59. The zero-order valence-corrected chi connectivity index (χ0v) is 16.0. The molecule has 5 heteroatoms. The maximum Gasteiger partial charge on any atom is 0.224 e. The summed E-state index contributed by atoms with van der Waals surface area (Å²) in [5.41, 5.74) is 5.24. The fourth-order valence-corrected chi connectivity index (χ4v) is 3.12. The highest BCUT2D eigenvalue weighted by Crippen LogP contribution is 2.17. The molecule has 0 atom stereocenters. The minimum atomic E-state index is -0.00115. The van der Waals surface area contributed by atoms with Crippen LogP contribution >= 0.6 is 0 Å². The van der Waals surface area contributed by atoms with Crippen molar-refractivity contribution in [3.63, 3.8) is 0 Å². The smallest absolute Gasteiger partial charge is 0.224 e. The van der Waals surface area contributed by atoms with Gasteiger partial charge >= 0.3 is 0 Å². The Morgan fingerprint density at radius 3 is 2.52 bits per heavy atom. The van der Waals surface area contributed by atoms with Crippen LogP contribution in [0, 0.1) is 13.8 Å². The van der Waals surface area contributed by atoms with Crippen LogP contribution in [-0.4, -0.2) is 29.3 Å². The van der Waals surface area contributed by atoms with Crippen molar-refractivity contribution in [2.45, 2.75) is 26.7 Å². The quantitative estimate of drug-likeness (QED) is 0.700. The van der Waals surface area contributed by atoms with Crippen molar-refractivity contribution in [3.8, 4) is 11.4 Å². The first-order chi connectivity index (χ1) is 13.1. The van der Waals surface area contributed by atoms with Crippen molar-refractivity contribution in [1.82, 2.24) is 15.1 Å². The van der Waals surface area contributed by atoms with Crippen LogP contribution < -0.4 is 10.1 Å². The molecule has 1 amide bonds. The van der Waals surface area contributed by atoms with Crippen LogP contribution in [-0.2, 0) is 17.6 Å². The highest BCUT2D eigenvalue weighted by molar-refractivity contribution is 5.79. The molecular weight excluding hydrogens is 338 g/mol. The third-order valence-electron chi connectivity index (χ3n) is 4.47. The number of methoxy groups -OCH3 is 1. The predicted octanol–water partition coefficient (Wildman–Crippen LogP) is 3.40. The molecule has 0 bridgehead atoms. The van der Waals surface area contributed by atoms with Gasteiger partial charge in [0.1, 0.15) is 5.75 Å². The highest BCUT2D eigenvalue weighted by atomic mass is 16.5. The van der Waals surface area contributed by atoms with E-state index in [2.05, 4.69) is 40.7 Å². The zero-order chi connectivity index (χ0) is 19.2. The molecule has 5 nitrogen and oxygen atoms in total. The van der Waals surface area contributed by atoms with Crippen LogP contribution in [0.5, 0.6) is 5.75 Å². The van der Waals surface area contributed by atoms with Gasteiger partial charge in [-0.15, -0.1) is 0 Å². The molecule has 0 unspecified atom stereocenters. The third kappa shape index (κ3) is 4.76. The Bertz CT molecular complexity index is 914. The van der Waals surface area contributed by atoms with Gasteiger partial charge in [-0.25, -0.2) is 4.68 Å². The molecule has 0 aliphatic carbocycles. The van der Waals surface area contributed by atoms with E-state index in [9.17, 15) is 4.79 Å². The van der Waals surface area contributed by atoms with E-state index in [1.165, 1.54) is 5.56 Å². The van der Waals surface area contributed by atoms with E-state index in [0.717, 1.165) is 34.8 Å². The Labute approximate surface area is 160 Å². The van der Waals surface area contributed by atoms with E-state index in [1.807, 2.05) is 42.8 Å². The lowest BCUT2D eigenvalue weighted by Gasteiger charge is -2.09. The van der Waals surface area contributed by atoms with Crippen molar-refractivity contribution in [2.24, 2.45) is 0 Å². The maximum absolute atomic E-state index is 12.2. The first-order valence-corrected chi connectivity index (χ1v) is 9.08. The number of nitrogens with one attached hydrogen (secondary N) is 1. The van der Waals surface area contributed by atoms with Gasteiger partial charge in [0.2, 0.25) is 5.91 Å². The standard InChI is InChI=1S/C22H25N3O2/c1-16-14-17(2)25(24-16)20-10-8-18(9-11-20)12-13-23-22(26)15-19-6-4-5-7-21(19)27-3/h4-11,14H,12-13,15H2,1-3H3,(H,23,26). The van der Waals surface area contributed by atoms with E-state index in [-0.39, 0.29) is 5.91 Å². The number of aryl methyl sites for hydroxylation is 2. The molecule has 0 radical (unpaired) electrons. The van der Waals surface area contributed by atoms with Gasteiger partial charge in [0.05, 0.1) is 24.9 Å². The molecular formula is C22H25N3O2. The molecule has 1 heterocycles. The van der Waals surface area contributed by atoms with E-state index >= 15 is 0 Å². The van der Waals surface area contributed by atoms with Crippen LogP contribution in [0.15, 0.2) is 54.6 Å². The normalized spacial score (nSPS) is 10.6. The number of hydrogen-bond donors (Lipinski definition) is 1. The Morgan fingerprint density at radius 2 is 1.85 bits per heavy atom. The zero-order valence-electron chi connectivity index (χ0n) is 16.0. The van der Waals surface area contributed by atoms with E-state index in [4.69, 9.17) is 4.74 Å².